The summed E-state index contributed by atoms with van der Waals surface area (Å²) >= 11 is 0. The van der Waals surface area contributed by atoms with Crippen LogP contribution in [0.5, 0.6) is 0 Å². The van der Waals surface area contributed by atoms with Crippen LogP contribution in [-0.2, 0) is 0 Å². The van der Waals surface area contributed by atoms with Gasteiger partial charge in [-0.3, -0.25) is 0 Å². The molecule has 76 valence electrons. The van der Waals surface area contributed by atoms with Crippen LogP contribution in [-0.4, -0.2) is 25.1 Å². The normalized spacial score (nSPS) is 21.1. The van der Waals surface area contributed by atoms with Gasteiger partial charge in [-0.1, -0.05) is 6.92 Å². The van der Waals surface area contributed by atoms with E-state index in [1.807, 2.05) is 6.20 Å². The zero-order valence-corrected chi connectivity index (χ0v) is 9.04. The molecule has 2 rings (SSSR count). The maximum atomic E-state index is 4.42. The molecule has 1 aliphatic rings. The molecule has 3 heteroatoms. The Labute approximate surface area is 85.1 Å². The zero-order valence-electron chi connectivity index (χ0n) is 9.04. The first-order chi connectivity index (χ1) is 6.68. The summed E-state index contributed by atoms with van der Waals surface area (Å²) in [7, 11) is 2.11. The van der Waals surface area contributed by atoms with Crippen LogP contribution in [0.15, 0.2) is 12.3 Å². The summed E-state index contributed by atoms with van der Waals surface area (Å²) in [5, 5.41) is 3.47. The summed E-state index contributed by atoms with van der Waals surface area (Å²) in [6, 6.07) is 2.05. The molecular formula is C11H17N3. The van der Waals surface area contributed by atoms with Gasteiger partial charge in [0.15, 0.2) is 5.82 Å². The van der Waals surface area contributed by atoms with Crippen molar-refractivity contribution < 1.29 is 0 Å². The molecule has 1 atom stereocenters. The predicted octanol–water partition coefficient (Wildman–Crippen LogP) is 1.89. The number of rotatable bonds is 0. The van der Waals surface area contributed by atoms with Gasteiger partial charge in [0.2, 0.25) is 0 Å². The van der Waals surface area contributed by atoms with Gasteiger partial charge in [-0.15, -0.1) is 0 Å². The number of aromatic nitrogens is 1. The van der Waals surface area contributed by atoms with Crippen LogP contribution in [0.4, 0.5) is 11.5 Å². The molecule has 0 amide bonds. The number of nitrogens with one attached hydrogen (secondary N) is 1. The van der Waals surface area contributed by atoms with Gasteiger partial charge in [0.25, 0.3) is 0 Å². The molecule has 0 aromatic carbocycles. The van der Waals surface area contributed by atoms with Crippen LogP contribution < -0.4 is 10.2 Å². The van der Waals surface area contributed by atoms with Gasteiger partial charge in [-0.05, 0) is 24.5 Å². The van der Waals surface area contributed by atoms with Gasteiger partial charge >= 0.3 is 0 Å². The first-order valence-corrected chi connectivity index (χ1v) is 5.09. The Hall–Kier alpha value is -1.25. The third-order valence-electron chi connectivity index (χ3n) is 2.71. The van der Waals surface area contributed by atoms with E-state index in [4.69, 9.17) is 0 Å². The topological polar surface area (TPSA) is 28.2 Å². The quantitative estimate of drug-likeness (QED) is 0.678. The highest BCUT2D eigenvalue weighted by molar-refractivity contribution is 5.69. The summed E-state index contributed by atoms with van der Waals surface area (Å²) in [5.74, 6) is 1.74. The van der Waals surface area contributed by atoms with E-state index in [0.29, 0.717) is 5.92 Å². The third kappa shape index (κ3) is 1.54. The van der Waals surface area contributed by atoms with Gasteiger partial charge in [-0.2, -0.15) is 0 Å². The Balaban J connectivity index is 2.43. The van der Waals surface area contributed by atoms with Gasteiger partial charge in [0.05, 0.1) is 5.69 Å². The molecular weight excluding hydrogens is 174 g/mol. The van der Waals surface area contributed by atoms with Crippen molar-refractivity contribution in [1.29, 1.82) is 0 Å². The molecule has 14 heavy (non-hydrogen) atoms. The molecule has 0 fully saturated rings. The zero-order chi connectivity index (χ0) is 10.1. The van der Waals surface area contributed by atoms with Crippen molar-refractivity contribution >= 4 is 11.5 Å². The average Bonchev–Trinajstić information content (AvgIpc) is 2.28. The molecule has 0 radical (unpaired) electrons. The number of hydrogen-bond acceptors (Lipinski definition) is 3. The Morgan fingerprint density at radius 3 is 3.14 bits per heavy atom. The molecule has 1 aromatic rings. The Morgan fingerprint density at radius 2 is 2.36 bits per heavy atom. The first kappa shape index (κ1) is 9.31. The molecule has 1 N–H and O–H groups in total. The van der Waals surface area contributed by atoms with E-state index in [-0.39, 0.29) is 0 Å². The molecule has 3 nitrogen and oxygen atoms in total. The van der Waals surface area contributed by atoms with Crippen LogP contribution in [0, 0.1) is 12.8 Å². The summed E-state index contributed by atoms with van der Waals surface area (Å²) in [4.78, 5) is 6.65. The molecule has 1 aromatic heterocycles. The van der Waals surface area contributed by atoms with Crippen molar-refractivity contribution in [3.63, 3.8) is 0 Å². The molecule has 1 unspecified atom stereocenters. The summed E-state index contributed by atoms with van der Waals surface area (Å²) in [6.07, 6.45) is 1.88. The lowest BCUT2D eigenvalue weighted by molar-refractivity contribution is 0.616. The predicted molar refractivity (Wildman–Crippen MR) is 59.9 cm³/mol. The Bertz CT molecular complexity index is 335. The first-order valence-electron chi connectivity index (χ1n) is 5.09. The minimum Gasteiger partial charge on any atom is -0.382 e. The van der Waals surface area contributed by atoms with Crippen molar-refractivity contribution in [3.8, 4) is 0 Å². The van der Waals surface area contributed by atoms with E-state index < -0.39 is 0 Å². The smallest absolute Gasteiger partial charge is 0.151 e. The third-order valence-corrected chi connectivity index (χ3v) is 2.71. The average molecular weight is 191 g/mol. The molecule has 0 saturated carbocycles. The highest BCUT2D eigenvalue weighted by Gasteiger charge is 2.18. The van der Waals surface area contributed by atoms with E-state index in [9.17, 15) is 0 Å². The molecule has 2 heterocycles. The molecule has 1 aliphatic heterocycles. The van der Waals surface area contributed by atoms with Crippen LogP contribution in [0.25, 0.3) is 0 Å². The Kier molecular flexibility index (Phi) is 2.32. The van der Waals surface area contributed by atoms with Gasteiger partial charge < -0.3 is 10.2 Å². The second-order valence-corrected chi connectivity index (χ2v) is 4.19. The van der Waals surface area contributed by atoms with E-state index >= 15 is 0 Å². The second-order valence-electron chi connectivity index (χ2n) is 4.19. The number of hydrogen-bond donors (Lipinski definition) is 1. The lowest BCUT2D eigenvalue weighted by atomic mass is 10.2. The largest absolute Gasteiger partial charge is 0.382 e. The fourth-order valence-electron chi connectivity index (χ4n) is 1.95. The van der Waals surface area contributed by atoms with Gasteiger partial charge in [0.1, 0.15) is 0 Å². The standard InChI is InChI=1S/C11H17N3/c1-8-6-13-10-9(2)4-5-12-11(10)14(3)7-8/h4-5,8,13H,6-7H2,1-3H3. The van der Waals surface area contributed by atoms with E-state index in [1.165, 1.54) is 11.3 Å². The van der Waals surface area contributed by atoms with Crippen LogP contribution in [0.3, 0.4) is 0 Å². The van der Waals surface area contributed by atoms with Crippen LogP contribution in [0.1, 0.15) is 12.5 Å². The summed E-state index contributed by atoms with van der Waals surface area (Å²) < 4.78 is 0. The van der Waals surface area contributed by atoms with E-state index in [1.54, 1.807) is 0 Å². The van der Waals surface area contributed by atoms with Gasteiger partial charge in [0, 0.05) is 26.3 Å². The number of nitrogens with zero attached hydrogens (tertiary/aromatic N) is 2. The minimum absolute atomic E-state index is 0.661. The monoisotopic (exact) mass is 191 g/mol. The van der Waals surface area contributed by atoms with Crippen molar-refractivity contribution in [2.45, 2.75) is 13.8 Å². The molecule has 0 spiro atoms. The molecule has 0 aliphatic carbocycles. The van der Waals surface area contributed by atoms with Gasteiger partial charge in [-0.25, -0.2) is 4.98 Å². The summed E-state index contributed by atoms with van der Waals surface area (Å²) in [6.45, 7) is 6.47. The maximum Gasteiger partial charge on any atom is 0.151 e. The van der Waals surface area contributed by atoms with E-state index in [2.05, 4.69) is 42.2 Å². The fourth-order valence-corrected chi connectivity index (χ4v) is 1.95. The lowest BCUT2D eigenvalue weighted by Gasteiger charge is -2.19. The van der Waals surface area contributed by atoms with Crippen molar-refractivity contribution in [1.82, 2.24) is 4.98 Å². The van der Waals surface area contributed by atoms with Crippen LogP contribution in [0.2, 0.25) is 0 Å². The maximum absolute atomic E-state index is 4.42. The van der Waals surface area contributed by atoms with E-state index in [0.717, 1.165) is 18.9 Å². The number of anilines is 2. The van der Waals surface area contributed by atoms with Crippen molar-refractivity contribution in [2.24, 2.45) is 5.92 Å². The molecule has 0 bridgehead atoms. The van der Waals surface area contributed by atoms with Crippen molar-refractivity contribution in [2.75, 3.05) is 30.4 Å². The SMILES string of the molecule is Cc1ccnc2c1NCC(C)CN2C. The number of aryl methyl sites for hydroxylation is 1. The number of fused-ring (bicyclic) bond motifs is 1. The molecule has 0 saturated heterocycles. The Morgan fingerprint density at radius 1 is 1.57 bits per heavy atom. The van der Waals surface area contributed by atoms with Crippen molar-refractivity contribution in [3.05, 3.63) is 17.8 Å². The highest BCUT2D eigenvalue weighted by atomic mass is 15.2. The highest BCUT2D eigenvalue weighted by Crippen LogP contribution is 2.28. The lowest BCUT2D eigenvalue weighted by Crippen LogP contribution is -2.24. The minimum atomic E-state index is 0.661. The van der Waals surface area contributed by atoms with Crippen LogP contribution >= 0.6 is 0 Å². The summed E-state index contributed by atoms with van der Waals surface area (Å²) in [5.41, 5.74) is 2.47. The number of pyridine rings is 1. The fraction of sp³-hybridized carbons (Fsp3) is 0.545. The second kappa shape index (κ2) is 3.48.